The molecule has 0 radical (unpaired) electrons. The molecule has 1 fully saturated rings. The molecule has 2 heterocycles. The fourth-order valence-corrected chi connectivity index (χ4v) is 3.94. The molecule has 3 aromatic rings. The fourth-order valence-electron chi connectivity index (χ4n) is 3.94. The zero-order valence-corrected chi connectivity index (χ0v) is 15.1. The van der Waals surface area contributed by atoms with E-state index in [0.717, 1.165) is 43.3 Å². The van der Waals surface area contributed by atoms with Gasteiger partial charge in [-0.05, 0) is 68.1 Å². The number of piperidine rings is 1. The lowest BCUT2D eigenvalue weighted by Gasteiger charge is -2.31. The molecule has 5 heteroatoms. The van der Waals surface area contributed by atoms with E-state index in [0.29, 0.717) is 18.0 Å². The summed E-state index contributed by atoms with van der Waals surface area (Å²) in [6.45, 7) is 2.22. The first-order valence-corrected chi connectivity index (χ1v) is 9.38. The van der Waals surface area contributed by atoms with Crippen molar-refractivity contribution in [1.29, 1.82) is 0 Å². The molecule has 2 N–H and O–H groups in total. The molecule has 2 aromatic carbocycles. The SMILES string of the molecule is O=C(CN1CCC(Cc2ccc(F)cc2)CC1)c1c[nH]c2cc(O)ccc12. The minimum atomic E-state index is -0.195. The van der Waals surface area contributed by atoms with Gasteiger partial charge in [-0.1, -0.05) is 12.1 Å². The number of H-pyrrole nitrogens is 1. The van der Waals surface area contributed by atoms with Crippen LogP contribution in [0.1, 0.15) is 28.8 Å². The quantitative estimate of drug-likeness (QED) is 0.667. The standard InChI is InChI=1S/C22H23FN2O2/c23-17-3-1-15(2-4-17)11-16-7-9-25(10-8-16)14-22(27)20-13-24-21-12-18(26)5-6-19(20)21/h1-6,12-13,16,24,26H,7-11,14H2. The third-order valence-electron chi connectivity index (χ3n) is 5.48. The highest BCUT2D eigenvalue weighted by molar-refractivity contribution is 6.09. The third kappa shape index (κ3) is 4.03. The second-order valence-corrected chi connectivity index (χ2v) is 7.41. The number of nitrogens with zero attached hydrogens (tertiary/aromatic N) is 1. The number of ketones is 1. The van der Waals surface area contributed by atoms with E-state index in [1.54, 1.807) is 24.4 Å². The number of nitrogens with one attached hydrogen (secondary N) is 1. The van der Waals surface area contributed by atoms with Gasteiger partial charge >= 0.3 is 0 Å². The molecule has 1 aliphatic rings. The minimum absolute atomic E-state index is 0.101. The highest BCUT2D eigenvalue weighted by Crippen LogP contribution is 2.25. The largest absolute Gasteiger partial charge is 0.508 e. The Hall–Kier alpha value is -2.66. The molecule has 4 nitrogen and oxygen atoms in total. The number of aromatic amines is 1. The molecular weight excluding hydrogens is 343 g/mol. The number of rotatable bonds is 5. The number of fused-ring (bicyclic) bond motifs is 1. The number of aromatic hydroxyl groups is 1. The first-order valence-electron chi connectivity index (χ1n) is 9.38. The van der Waals surface area contributed by atoms with Gasteiger partial charge in [0.25, 0.3) is 0 Å². The van der Waals surface area contributed by atoms with Crippen LogP contribution in [-0.2, 0) is 6.42 Å². The summed E-state index contributed by atoms with van der Waals surface area (Å²) in [6, 6.07) is 11.8. The Bertz CT molecular complexity index is 941. The number of phenols is 1. The van der Waals surface area contributed by atoms with Crippen LogP contribution in [0.5, 0.6) is 5.75 Å². The highest BCUT2D eigenvalue weighted by atomic mass is 19.1. The molecule has 0 atom stereocenters. The zero-order chi connectivity index (χ0) is 18.8. The molecule has 0 spiro atoms. The summed E-state index contributed by atoms with van der Waals surface area (Å²) < 4.78 is 13.0. The average Bonchev–Trinajstić information content (AvgIpc) is 3.08. The number of phenolic OH excluding ortho intramolecular Hbond substituents is 1. The van der Waals surface area contributed by atoms with E-state index in [9.17, 15) is 14.3 Å². The van der Waals surface area contributed by atoms with Gasteiger partial charge in [0, 0.05) is 28.7 Å². The summed E-state index contributed by atoms with van der Waals surface area (Å²) in [5.41, 5.74) is 2.63. The fraction of sp³-hybridized carbons (Fsp3) is 0.318. The van der Waals surface area contributed by atoms with Gasteiger partial charge < -0.3 is 10.1 Å². The maximum absolute atomic E-state index is 13.0. The van der Waals surface area contributed by atoms with Crippen LogP contribution >= 0.6 is 0 Å². The summed E-state index contributed by atoms with van der Waals surface area (Å²) in [4.78, 5) is 18.0. The first kappa shape index (κ1) is 17.7. The summed E-state index contributed by atoms with van der Waals surface area (Å²) in [5, 5.41) is 10.4. The van der Waals surface area contributed by atoms with Crippen molar-refractivity contribution in [3.63, 3.8) is 0 Å². The van der Waals surface area contributed by atoms with E-state index in [2.05, 4.69) is 9.88 Å². The summed E-state index contributed by atoms with van der Waals surface area (Å²) >= 11 is 0. The van der Waals surface area contributed by atoms with Crippen LogP contribution in [0, 0.1) is 11.7 Å². The molecule has 4 rings (SSSR count). The highest BCUT2D eigenvalue weighted by Gasteiger charge is 2.22. The zero-order valence-electron chi connectivity index (χ0n) is 15.1. The maximum Gasteiger partial charge on any atom is 0.178 e. The van der Waals surface area contributed by atoms with Crippen LogP contribution in [0.2, 0.25) is 0 Å². The third-order valence-corrected chi connectivity index (χ3v) is 5.48. The number of likely N-dealkylation sites (tertiary alicyclic amines) is 1. The molecule has 0 unspecified atom stereocenters. The predicted octanol–water partition coefficient (Wildman–Crippen LogP) is 4.15. The van der Waals surface area contributed by atoms with E-state index in [1.807, 2.05) is 12.1 Å². The first-order chi connectivity index (χ1) is 13.1. The van der Waals surface area contributed by atoms with Crippen molar-refractivity contribution in [3.05, 3.63) is 65.6 Å². The van der Waals surface area contributed by atoms with Crippen LogP contribution in [0.3, 0.4) is 0 Å². The Labute approximate surface area is 157 Å². The van der Waals surface area contributed by atoms with Gasteiger partial charge in [-0.2, -0.15) is 0 Å². The summed E-state index contributed by atoms with van der Waals surface area (Å²) in [6.07, 6.45) is 4.79. The van der Waals surface area contributed by atoms with Gasteiger partial charge in [0.05, 0.1) is 6.54 Å². The van der Waals surface area contributed by atoms with E-state index >= 15 is 0 Å². The van der Waals surface area contributed by atoms with Gasteiger partial charge in [-0.15, -0.1) is 0 Å². The van der Waals surface area contributed by atoms with Gasteiger partial charge in [0.1, 0.15) is 11.6 Å². The Balaban J connectivity index is 1.33. The number of carbonyl (C=O) groups is 1. The number of Topliss-reactive ketones (excluding diaryl/α,β-unsaturated/α-hetero) is 1. The molecule has 0 bridgehead atoms. The molecule has 140 valence electrons. The lowest BCUT2D eigenvalue weighted by molar-refractivity contribution is 0.0897. The van der Waals surface area contributed by atoms with Crippen molar-refractivity contribution >= 4 is 16.7 Å². The Morgan fingerprint density at radius 1 is 1.15 bits per heavy atom. The van der Waals surface area contributed by atoms with Gasteiger partial charge in [0.2, 0.25) is 0 Å². The lowest BCUT2D eigenvalue weighted by Crippen LogP contribution is -2.37. The Morgan fingerprint density at radius 3 is 2.63 bits per heavy atom. The smallest absolute Gasteiger partial charge is 0.178 e. The van der Waals surface area contributed by atoms with Crippen LogP contribution in [0.4, 0.5) is 4.39 Å². The van der Waals surface area contributed by atoms with Crippen molar-refractivity contribution in [1.82, 2.24) is 9.88 Å². The molecular formula is C22H23FN2O2. The molecule has 0 aliphatic carbocycles. The second kappa shape index (κ2) is 7.53. The van der Waals surface area contributed by atoms with E-state index < -0.39 is 0 Å². The van der Waals surface area contributed by atoms with Crippen molar-refractivity contribution in [2.24, 2.45) is 5.92 Å². The molecule has 27 heavy (non-hydrogen) atoms. The lowest BCUT2D eigenvalue weighted by atomic mass is 9.90. The van der Waals surface area contributed by atoms with Crippen molar-refractivity contribution in [3.8, 4) is 5.75 Å². The summed E-state index contributed by atoms with van der Waals surface area (Å²) in [5.74, 6) is 0.674. The maximum atomic E-state index is 13.0. The summed E-state index contributed by atoms with van der Waals surface area (Å²) in [7, 11) is 0. The number of halogens is 1. The second-order valence-electron chi connectivity index (χ2n) is 7.41. The molecule has 0 saturated carbocycles. The Morgan fingerprint density at radius 2 is 1.89 bits per heavy atom. The van der Waals surface area contributed by atoms with Crippen molar-refractivity contribution in [2.75, 3.05) is 19.6 Å². The van der Waals surface area contributed by atoms with Crippen LogP contribution in [0.15, 0.2) is 48.7 Å². The monoisotopic (exact) mass is 366 g/mol. The molecule has 0 amide bonds. The minimum Gasteiger partial charge on any atom is -0.508 e. The number of hydrogen-bond donors (Lipinski definition) is 2. The molecule has 1 saturated heterocycles. The number of benzene rings is 2. The van der Waals surface area contributed by atoms with E-state index in [1.165, 1.54) is 17.7 Å². The predicted molar refractivity (Wildman–Crippen MR) is 104 cm³/mol. The van der Waals surface area contributed by atoms with Crippen LogP contribution < -0.4 is 0 Å². The van der Waals surface area contributed by atoms with E-state index in [-0.39, 0.29) is 17.3 Å². The van der Waals surface area contributed by atoms with Gasteiger partial charge in [0.15, 0.2) is 5.78 Å². The number of aromatic nitrogens is 1. The molecule has 1 aliphatic heterocycles. The average molecular weight is 366 g/mol. The molecule has 1 aromatic heterocycles. The van der Waals surface area contributed by atoms with Gasteiger partial charge in [-0.25, -0.2) is 4.39 Å². The van der Waals surface area contributed by atoms with Crippen molar-refractivity contribution in [2.45, 2.75) is 19.3 Å². The van der Waals surface area contributed by atoms with Gasteiger partial charge in [-0.3, -0.25) is 9.69 Å². The van der Waals surface area contributed by atoms with E-state index in [4.69, 9.17) is 0 Å². The van der Waals surface area contributed by atoms with Crippen LogP contribution in [-0.4, -0.2) is 40.4 Å². The topological polar surface area (TPSA) is 56.3 Å². The number of hydrogen-bond acceptors (Lipinski definition) is 3. The van der Waals surface area contributed by atoms with Crippen molar-refractivity contribution < 1.29 is 14.3 Å². The van der Waals surface area contributed by atoms with Crippen LogP contribution in [0.25, 0.3) is 10.9 Å². The number of carbonyl (C=O) groups excluding carboxylic acids is 1. The normalized spacial score (nSPS) is 16.0. The Kier molecular flexibility index (Phi) is 4.94.